The van der Waals surface area contributed by atoms with Gasteiger partial charge in [-0.2, -0.15) is 0 Å². The van der Waals surface area contributed by atoms with Crippen molar-refractivity contribution in [2.75, 3.05) is 5.43 Å². The van der Waals surface area contributed by atoms with E-state index in [-0.39, 0.29) is 0 Å². The number of nitrogen functional groups attached to an aromatic ring is 1. The molecule has 0 atom stereocenters. The topological polar surface area (TPSA) is 63.8 Å². The molecule has 1 heterocycles. The van der Waals surface area contributed by atoms with Crippen LogP contribution in [0.15, 0.2) is 46.6 Å². The van der Waals surface area contributed by atoms with Gasteiger partial charge in [0.25, 0.3) is 0 Å². The Labute approximate surface area is 111 Å². The van der Waals surface area contributed by atoms with Gasteiger partial charge in [0.2, 0.25) is 0 Å². The Morgan fingerprint density at radius 2 is 1.89 bits per heavy atom. The predicted molar refractivity (Wildman–Crippen MR) is 74.5 cm³/mol. The van der Waals surface area contributed by atoms with Gasteiger partial charge in [-0.25, -0.2) is 15.8 Å². The molecule has 4 nitrogen and oxygen atoms in total. The second-order valence-corrected chi connectivity index (χ2v) is 5.22. The summed E-state index contributed by atoms with van der Waals surface area (Å²) in [5, 5.41) is 0.944. The van der Waals surface area contributed by atoms with Crippen LogP contribution >= 0.6 is 11.8 Å². The Balaban J connectivity index is 2.38. The third-order valence-corrected chi connectivity index (χ3v) is 3.55. The van der Waals surface area contributed by atoms with Gasteiger partial charge in [-0.05, 0) is 18.1 Å². The molecular formula is C13H16N4S. The molecular weight excluding hydrogens is 244 g/mol. The fourth-order valence-corrected chi connectivity index (χ4v) is 2.75. The Kier molecular flexibility index (Phi) is 4.17. The van der Waals surface area contributed by atoms with Gasteiger partial charge >= 0.3 is 0 Å². The molecule has 0 saturated heterocycles. The molecule has 0 aliphatic heterocycles. The molecule has 1 aromatic carbocycles. The first kappa shape index (κ1) is 12.9. The summed E-state index contributed by atoms with van der Waals surface area (Å²) < 4.78 is 0. The largest absolute Gasteiger partial charge is 0.308 e. The van der Waals surface area contributed by atoms with Crippen LogP contribution in [0, 0.1) is 0 Å². The van der Waals surface area contributed by atoms with Crippen LogP contribution in [-0.4, -0.2) is 9.97 Å². The Morgan fingerprint density at radius 1 is 1.17 bits per heavy atom. The van der Waals surface area contributed by atoms with Crippen LogP contribution in [0.25, 0.3) is 0 Å². The lowest BCUT2D eigenvalue weighted by Crippen LogP contribution is -2.13. The lowest BCUT2D eigenvalue weighted by Gasteiger charge is -2.14. The number of hydrogen-bond donors (Lipinski definition) is 2. The van der Waals surface area contributed by atoms with Crippen LogP contribution in [0.1, 0.15) is 25.3 Å². The number of anilines is 1. The highest BCUT2D eigenvalue weighted by atomic mass is 32.2. The maximum absolute atomic E-state index is 5.50. The molecule has 5 heteroatoms. The fraction of sp³-hybridized carbons (Fsp3) is 0.231. The number of nitrogens with zero attached hydrogens (tertiary/aromatic N) is 2. The number of aromatic nitrogens is 2. The van der Waals surface area contributed by atoms with E-state index < -0.39 is 0 Å². The zero-order chi connectivity index (χ0) is 13.0. The number of benzene rings is 1. The molecule has 0 fully saturated rings. The van der Waals surface area contributed by atoms with Gasteiger partial charge in [-0.1, -0.05) is 43.8 Å². The van der Waals surface area contributed by atoms with E-state index in [9.17, 15) is 0 Å². The lowest BCUT2D eigenvalue weighted by atomic mass is 10.1. The predicted octanol–water partition coefficient (Wildman–Crippen LogP) is 3.04. The minimum atomic E-state index is 0.309. The molecule has 0 amide bonds. The summed E-state index contributed by atoms with van der Waals surface area (Å²) in [7, 11) is 0. The molecule has 0 unspecified atom stereocenters. The smallest absolute Gasteiger partial charge is 0.147 e. The van der Waals surface area contributed by atoms with Crippen LogP contribution in [-0.2, 0) is 0 Å². The summed E-state index contributed by atoms with van der Waals surface area (Å²) in [6, 6.07) is 10.2. The minimum absolute atomic E-state index is 0.309. The standard InChI is InChI=1S/C13H16N4S/c1-9(2)11-12(17-14)15-8-16-13(11)18-10-6-4-3-5-7-10/h3-9H,14H2,1-2H3,(H,15,16,17). The van der Waals surface area contributed by atoms with E-state index in [0.717, 1.165) is 15.5 Å². The highest BCUT2D eigenvalue weighted by Gasteiger charge is 2.15. The SMILES string of the molecule is CC(C)c1c(NN)ncnc1Sc1ccccc1. The van der Waals surface area contributed by atoms with E-state index in [1.54, 1.807) is 11.8 Å². The first-order valence-electron chi connectivity index (χ1n) is 5.76. The molecule has 0 aliphatic rings. The molecule has 3 N–H and O–H groups in total. The summed E-state index contributed by atoms with van der Waals surface area (Å²) in [5.74, 6) is 6.50. The molecule has 0 bridgehead atoms. The number of hydrazine groups is 1. The molecule has 0 radical (unpaired) electrons. The Bertz CT molecular complexity index is 514. The molecule has 0 spiro atoms. The van der Waals surface area contributed by atoms with E-state index in [1.165, 1.54) is 6.33 Å². The van der Waals surface area contributed by atoms with Crippen molar-refractivity contribution in [1.82, 2.24) is 9.97 Å². The zero-order valence-corrected chi connectivity index (χ0v) is 11.2. The maximum Gasteiger partial charge on any atom is 0.147 e. The zero-order valence-electron chi connectivity index (χ0n) is 10.4. The number of rotatable bonds is 4. The van der Waals surface area contributed by atoms with Crippen LogP contribution in [0.3, 0.4) is 0 Å². The summed E-state index contributed by atoms with van der Waals surface area (Å²) in [6.07, 6.45) is 1.53. The molecule has 2 aromatic rings. The second kappa shape index (κ2) is 5.84. The Morgan fingerprint density at radius 3 is 2.50 bits per heavy atom. The van der Waals surface area contributed by atoms with Crippen molar-refractivity contribution in [2.24, 2.45) is 5.84 Å². The molecule has 2 rings (SSSR count). The quantitative estimate of drug-likeness (QED) is 0.502. The Hall–Kier alpha value is -1.59. The molecule has 18 heavy (non-hydrogen) atoms. The highest BCUT2D eigenvalue weighted by Crippen LogP contribution is 2.34. The van der Waals surface area contributed by atoms with Crippen molar-refractivity contribution in [3.63, 3.8) is 0 Å². The van der Waals surface area contributed by atoms with Gasteiger partial charge in [0, 0.05) is 10.5 Å². The third-order valence-electron chi connectivity index (χ3n) is 2.52. The fourth-order valence-electron chi connectivity index (χ4n) is 1.70. The molecule has 1 aromatic heterocycles. The van der Waals surface area contributed by atoms with Crippen LogP contribution in [0.5, 0.6) is 0 Å². The van der Waals surface area contributed by atoms with Crippen molar-refractivity contribution in [3.05, 3.63) is 42.2 Å². The monoisotopic (exact) mass is 260 g/mol. The maximum atomic E-state index is 5.50. The van der Waals surface area contributed by atoms with Crippen molar-refractivity contribution in [3.8, 4) is 0 Å². The number of nitrogens with one attached hydrogen (secondary N) is 1. The van der Waals surface area contributed by atoms with Crippen molar-refractivity contribution >= 4 is 17.6 Å². The van der Waals surface area contributed by atoms with Gasteiger partial charge in [-0.15, -0.1) is 0 Å². The minimum Gasteiger partial charge on any atom is -0.308 e. The van der Waals surface area contributed by atoms with Crippen LogP contribution in [0.2, 0.25) is 0 Å². The van der Waals surface area contributed by atoms with Gasteiger partial charge in [0.1, 0.15) is 17.2 Å². The third kappa shape index (κ3) is 2.80. The molecule has 94 valence electrons. The van der Waals surface area contributed by atoms with E-state index in [4.69, 9.17) is 5.84 Å². The van der Waals surface area contributed by atoms with Gasteiger partial charge in [0.05, 0.1) is 0 Å². The van der Waals surface area contributed by atoms with E-state index in [1.807, 2.05) is 18.2 Å². The second-order valence-electron chi connectivity index (χ2n) is 4.16. The van der Waals surface area contributed by atoms with Gasteiger partial charge in [-0.3, -0.25) is 0 Å². The first-order valence-corrected chi connectivity index (χ1v) is 6.58. The van der Waals surface area contributed by atoms with E-state index in [2.05, 4.69) is 41.4 Å². The average Bonchev–Trinajstić information content (AvgIpc) is 2.39. The van der Waals surface area contributed by atoms with Crippen LogP contribution in [0.4, 0.5) is 5.82 Å². The van der Waals surface area contributed by atoms with Crippen molar-refractivity contribution in [2.45, 2.75) is 29.7 Å². The summed E-state index contributed by atoms with van der Waals surface area (Å²) in [5.41, 5.74) is 3.69. The highest BCUT2D eigenvalue weighted by molar-refractivity contribution is 7.99. The molecule has 0 aliphatic carbocycles. The van der Waals surface area contributed by atoms with Gasteiger partial charge < -0.3 is 5.43 Å². The summed E-state index contributed by atoms with van der Waals surface area (Å²) >= 11 is 1.63. The van der Waals surface area contributed by atoms with Crippen LogP contribution < -0.4 is 11.3 Å². The summed E-state index contributed by atoms with van der Waals surface area (Å²) in [6.45, 7) is 4.21. The van der Waals surface area contributed by atoms with E-state index >= 15 is 0 Å². The summed E-state index contributed by atoms with van der Waals surface area (Å²) in [4.78, 5) is 9.67. The lowest BCUT2D eigenvalue weighted by molar-refractivity contribution is 0.804. The van der Waals surface area contributed by atoms with Crippen molar-refractivity contribution < 1.29 is 0 Å². The normalized spacial score (nSPS) is 10.7. The van der Waals surface area contributed by atoms with Crippen molar-refractivity contribution in [1.29, 1.82) is 0 Å². The number of hydrogen-bond acceptors (Lipinski definition) is 5. The number of nitrogens with two attached hydrogens (primary N) is 1. The first-order chi connectivity index (χ1) is 8.72. The molecule has 0 saturated carbocycles. The average molecular weight is 260 g/mol. The van der Waals surface area contributed by atoms with E-state index in [0.29, 0.717) is 11.7 Å². The van der Waals surface area contributed by atoms with Gasteiger partial charge in [0.15, 0.2) is 0 Å².